The molecule has 156 valence electrons. The standard InChI is InChI=1S/C19H22Cl2N4O4/c1-23(9-12-2-3-14(20)15(21)8-12)18(28)13-10-25(19(29)17(13)27)11-16(26)24-6-4-22-5-7-24/h2-3,8,22,27H,4-7,9-11H2,1H3. The van der Waals surface area contributed by atoms with Crippen LogP contribution in [0.1, 0.15) is 5.56 Å². The summed E-state index contributed by atoms with van der Waals surface area (Å²) in [6.45, 7) is 2.49. The molecule has 0 atom stereocenters. The smallest absolute Gasteiger partial charge is 0.290 e. The number of hydrogen-bond acceptors (Lipinski definition) is 5. The van der Waals surface area contributed by atoms with E-state index in [2.05, 4.69) is 5.32 Å². The molecule has 0 bridgehead atoms. The normalized spacial score (nSPS) is 17.1. The molecular formula is C19H22Cl2N4O4. The van der Waals surface area contributed by atoms with Crippen molar-refractivity contribution in [3.8, 4) is 0 Å². The van der Waals surface area contributed by atoms with Gasteiger partial charge in [0.05, 0.1) is 22.2 Å². The number of nitrogens with zero attached hydrogens (tertiary/aromatic N) is 3. The second-order valence-electron chi connectivity index (χ2n) is 7.03. The lowest BCUT2D eigenvalue weighted by Gasteiger charge is -2.29. The van der Waals surface area contributed by atoms with Crippen molar-refractivity contribution in [3.05, 3.63) is 45.1 Å². The molecule has 2 aliphatic heterocycles. The first-order valence-electron chi connectivity index (χ1n) is 9.17. The molecule has 3 amide bonds. The summed E-state index contributed by atoms with van der Waals surface area (Å²) >= 11 is 11.9. The summed E-state index contributed by atoms with van der Waals surface area (Å²) in [4.78, 5) is 41.7. The molecule has 0 saturated carbocycles. The molecule has 0 aromatic heterocycles. The highest BCUT2D eigenvalue weighted by molar-refractivity contribution is 6.42. The van der Waals surface area contributed by atoms with Crippen molar-refractivity contribution < 1.29 is 19.5 Å². The van der Waals surface area contributed by atoms with Crippen molar-refractivity contribution in [2.45, 2.75) is 6.54 Å². The van der Waals surface area contributed by atoms with E-state index >= 15 is 0 Å². The number of halogens is 2. The quantitative estimate of drug-likeness (QED) is 0.713. The average molecular weight is 441 g/mol. The maximum Gasteiger partial charge on any atom is 0.290 e. The minimum Gasteiger partial charge on any atom is -0.503 e. The summed E-state index contributed by atoms with van der Waals surface area (Å²) in [5, 5.41) is 14.1. The van der Waals surface area contributed by atoms with Crippen LogP contribution < -0.4 is 5.32 Å². The molecule has 0 unspecified atom stereocenters. The van der Waals surface area contributed by atoms with Gasteiger partial charge < -0.3 is 25.1 Å². The fourth-order valence-corrected chi connectivity index (χ4v) is 3.63. The molecular weight excluding hydrogens is 419 g/mol. The monoisotopic (exact) mass is 440 g/mol. The maximum atomic E-state index is 12.8. The summed E-state index contributed by atoms with van der Waals surface area (Å²) in [5.74, 6) is -2.01. The van der Waals surface area contributed by atoms with Crippen molar-refractivity contribution in [3.63, 3.8) is 0 Å². The summed E-state index contributed by atoms with van der Waals surface area (Å²) in [6.07, 6.45) is 0. The molecule has 29 heavy (non-hydrogen) atoms. The van der Waals surface area contributed by atoms with E-state index in [0.29, 0.717) is 36.2 Å². The SMILES string of the molecule is CN(Cc1ccc(Cl)c(Cl)c1)C(=O)C1=C(O)C(=O)N(CC(=O)N2CCNCC2)C1. The van der Waals surface area contributed by atoms with Crippen LogP contribution in [0.4, 0.5) is 0 Å². The van der Waals surface area contributed by atoms with E-state index in [1.54, 1.807) is 30.1 Å². The van der Waals surface area contributed by atoms with Gasteiger partial charge in [-0.1, -0.05) is 29.3 Å². The minimum absolute atomic E-state index is 0.0225. The highest BCUT2D eigenvalue weighted by atomic mass is 35.5. The van der Waals surface area contributed by atoms with Crippen molar-refractivity contribution in [2.75, 3.05) is 46.3 Å². The molecule has 0 spiro atoms. The molecule has 1 saturated heterocycles. The average Bonchev–Trinajstić information content (AvgIpc) is 2.99. The van der Waals surface area contributed by atoms with Gasteiger partial charge in [-0.15, -0.1) is 0 Å². The molecule has 10 heteroatoms. The van der Waals surface area contributed by atoms with E-state index in [4.69, 9.17) is 23.2 Å². The Kier molecular flexibility index (Phi) is 6.66. The molecule has 1 aromatic rings. The highest BCUT2D eigenvalue weighted by Gasteiger charge is 2.36. The lowest BCUT2D eigenvalue weighted by Crippen LogP contribution is -2.50. The Bertz CT molecular complexity index is 868. The number of piperazine rings is 1. The Morgan fingerprint density at radius 1 is 1.21 bits per heavy atom. The summed E-state index contributed by atoms with van der Waals surface area (Å²) in [7, 11) is 1.56. The minimum atomic E-state index is -0.709. The number of amides is 3. The van der Waals surface area contributed by atoms with Crippen LogP contribution in [0.5, 0.6) is 0 Å². The fourth-order valence-electron chi connectivity index (χ4n) is 3.30. The van der Waals surface area contributed by atoms with Gasteiger partial charge >= 0.3 is 0 Å². The third-order valence-corrected chi connectivity index (χ3v) is 5.67. The highest BCUT2D eigenvalue weighted by Crippen LogP contribution is 2.24. The van der Waals surface area contributed by atoms with Crippen LogP contribution in [-0.2, 0) is 20.9 Å². The molecule has 2 N–H and O–H groups in total. The van der Waals surface area contributed by atoms with E-state index in [1.807, 2.05) is 0 Å². The molecule has 1 aromatic carbocycles. The van der Waals surface area contributed by atoms with Crippen LogP contribution >= 0.6 is 23.2 Å². The Morgan fingerprint density at radius 2 is 1.90 bits per heavy atom. The number of carbonyl (C=O) groups excluding carboxylic acids is 3. The number of nitrogens with one attached hydrogen (secondary N) is 1. The third kappa shape index (κ3) is 4.83. The van der Waals surface area contributed by atoms with E-state index in [0.717, 1.165) is 5.56 Å². The van der Waals surface area contributed by atoms with Crippen LogP contribution in [0, 0.1) is 0 Å². The zero-order valence-corrected chi connectivity index (χ0v) is 17.5. The van der Waals surface area contributed by atoms with Crippen LogP contribution in [-0.4, -0.2) is 83.8 Å². The third-order valence-electron chi connectivity index (χ3n) is 4.93. The van der Waals surface area contributed by atoms with Gasteiger partial charge in [0.1, 0.15) is 6.54 Å². The lowest BCUT2D eigenvalue weighted by molar-refractivity contribution is -0.138. The Morgan fingerprint density at radius 3 is 2.55 bits per heavy atom. The number of likely N-dealkylation sites (N-methyl/N-ethyl adjacent to an activating group) is 1. The van der Waals surface area contributed by atoms with E-state index in [1.165, 1.54) is 9.80 Å². The van der Waals surface area contributed by atoms with Gasteiger partial charge in [0.2, 0.25) is 5.91 Å². The predicted octanol–water partition coefficient (Wildman–Crippen LogP) is 1.04. The number of carbonyl (C=O) groups is 3. The van der Waals surface area contributed by atoms with Crippen LogP contribution in [0.2, 0.25) is 10.0 Å². The largest absolute Gasteiger partial charge is 0.503 e. The number of hydrogen-bond donors (Lipinski definition) is 2. The predicted molar refractivity (Wildman–Crippen MR) is 109 cm³/mol. The molecule has 0 aliphatic carbocycles. The second-order valence-corrected chi connectivity index (χ2v) is 7.84. The first-order valence-corrected chi connectivity index (χ1v) is 9.92. The van der Waals surface area contributed by atoms with E-state index < -0.39 is 17.6 Å². The van der Waals surface area contributed by atoms with Gasteiger partial charge in [0.15, 0.2) is 5.76 Å². The maximum absolute atomic E-state index is 12.8. The van der Waals surface area contributed by atoms with Gasteiger partial charge in [-0.25, -0.2) is 0 Å². The molecule has 2 heterocycles. The first kappa shape index (κ1) is 21.4. The van der Waals surface area contributed by atoms with Gasteiger partial charge in [0.25, 0.3) is 11.8 Å². The molecule has 8 nitrogen and oxygen atoms in total. The lowest BCUT2D eigenvalue weighted by atomic mass is 10.2. The van der Waals surface area contributed by atoms with Crippen LogP contribution in [0.15, 0.2) is 29.5 Å². The summed E-state index contributed by atoms with van der Waals surface area (Å²) < 4.78 is 0. The zero-order valence-electron chi connectivity index (χ0n) is 16.0. The zero-order chi connectivity index (χ0) is 21.1. The van der Waals surface area contributed by atoms with Crippen molar-refractivity contribution in [1.29, 1.82) is 0 Å². The number of rotatable bonds is 5. The molecule has 0 radical (unpaired) electrons. The van der Waals surface area contributed by atoms with Gasteiger partial charge in [-0.05, 0) is 17.7 Å². The molecule has 3 rings (SSSR count). The fraction of sp³-hybridized carbons (Fsp3) is 0.421. The summed E-state index contributed by atoms with van der Waals surface area (Å²) in [5.41, 5.74) is 0.732. The van der Waals surface area contributed by atoms with Gasteiger partial charge in [0, 0.05) is 39.8 Å². The van der Waals surface area contributed by atoms with E-state index in [9.17, 15) is 19.5 Å². The van der Waals surface area contributed by atoms with Gasteiger partial charge in [-0.3, -0.25) is 14.4 Å². The number of benzene rings is 1. The van der Waals surface area contributed by atoms with Crippen molar-refractivity contribution in [2.24, 2.45) is 0 Å². The van der Waals surface area contributed by atoms with Gasteiger partial charge in [-0.2, -0.15) is 0 Å². The molecule has 1 fully saturated rings. The first-order chi connectivity index (χ1) is 13.8. The van der Waals surface area contributed by atoms with Crippen molar-refractivity contribution >= 4 is 40.9 Å². The topological polar surface area (TPSA) is 93.2 Å². The van der Waals surface area contributed by atoms with Crippen LogP contribution in [0.3, 0.4) is 0 Å². The Balaban J connectivity index is 1.63. The summed E-state index contributed by atoms with van der Waals surface area (Å²) in [6, 6.07) is 5.03. The van der Waals surface area contributed by atoms with Crippen LogP contribution in [0.25, 0.3) is 0 Å². The van der Waals surface area contributed by atoms with E-state index in [-0.39, 0.29) is 31.1 Å². The molecule has 2 aliphatic rings. The number of aliphatic hydroxyl groups excluding tert-OH is 1. The second kappa shape index (κ2) is 9.02. The Labute approximate surface area is 178 Å². The Hall–Kier alpha value is -2.29. The number of aliphatic hydroxyl groups is 1. The van der Waals surface area contributed by atoms with Crippen molar-refractivity contribution in [1.82, 2.24) is 20.0 Å².